The Labute approximate surface area is 185 Å². The topological polar surface area (TPSA) is 32.8 Å². The Bertz CT molecular complexity index is 497. The third kappa shape index (κ3) is 14.5. The number of amides is 1. The molecule has 5 heteroatoms. The zero-order valence-electron chi connectivity index (χ0n) is 18.9. The van der Waals surface area contributed by atoms with Crippen LogP contribution in [0.3, 0.4) is 0 Å². The van der Waals surface area contributed by atoms with Crippen molar-refractivity contribution in [1.29, 1.82) is 0 Å². The molecule has 0 unspecified atom stereocenters. The predicted molar refractivity (Wildman–Crippen MR) is 127 cm³/mol. The molecular weight excluding hydrogens is 384 g/mol. The van der Waals surface area contributed by atoms with Crippen molar-refractivity contribution in [1.82, 2.24) is 4.90 Å². The van der Waals surface area contributed by atoms with E-state index in [2.05, 4.69) is 6.92 Å². The van der Waals surface area contributed by atoms with Crippen molar-refractivity contribution in [3.63, 3.8) is 0 Å². The summed E-state index contributed by atoms with van der Waals surface area (Å²) < 4.78 is 0. The maximum atomic E-state index is 12.5. The van der Waals surface area contributed by atoms with Gasteiger partial charge in [-0.25, -0.2) is 0 Å². The zero-order valence-corrected chi connectivity index (χ0v) is 19.7. The smallest absolute Gasteiger partial charge is 0.265 e. The summed E-state index contributed by atoms with van der Waals surface area (Å²) in [7, 11) is 3.79. The van der Waals surface area contributed by atoms with Crippen molar-refractivity contribution in [2.24, 2.45) is 0 Å². The van der Waals surface area contributed by atoms with Crippen molar-refractivity contribution in [3.8, 4) is 0 Å². The molecule has 1 aromatic rings. The molecule has 1 aromatic carbocycles. The van der Waals surface area contributed by atoms with Gasteiger partial charge < -0.3 is 4.90 Å². The molecule has 0 aliphatic heterocycles. The molecule has 0 heterocycles. The van der Waals surface area contributed by atoms with Gasteiger partial charge in [0.15, 0.2) is 0 Å². The number of unbranched alkanes of at least 4 members (excludes halogenated alkanes) is 11. The molecule has 0 aliphatic rings. The van der Waals surface area contributed by atoms with Gasteiger partial charge in [-0.1, -0.05) is 95.8 Å². The molecule has 29 heavy (non-hydrogen) atoms. The lowest BCUT2D eigenvalue weighted by molar-refractivity contribution is -0.126. The van der Waals surface area contributed by atoms with E-state index in [0.717, 1.165) is 12.1 Å². The van der Waals surface area contributed by atoms with Gasteiger partial charge in [-0.15, -0.1) is 12.4 Å². The molecule has 168 valence electrons. The van der Waals surface area contributed by atoms with Crippen molar-refractivity contribution in [2.45, 2.75) is 84.0 Å². The first kappa shape index (κ1) is 27.9. The molecule has 0 fully saturated rings. The van der Waals surface area contributed by atoms with Crippen LogP contribution < -0.4 is 5.06 Å². The fourth-order valence-electron chi connectivity index (χ4n) is 3.29. The summed E-state index contributed by atoms with van der Waals surface area (Å²) >= 11 is 0. The number of para-hydroxylation sites is 1. The number of benzene rings is 1. The lowest BCUT2D eigenvalue weighted by atomic mass is 10.1. The highest BCUT2D eigenvalue weighted by molar-refractivity contribution is 5.92. The first-order chi connectivity index (χ1) is 13.6. The Hall–Kier alpha value is -1.10. The number of nitrogens with zero attached hydrogens (tertiary/aromatic N) is 2. The second kappa shape index (κ2) is 18.9. The number of likely N-dealkylation sites (N-methyl/N-ethyl adjacent to an activating group) is 1. The Balaban J connectivity index is 0.00000784. The lowest BCUT2D eigenvalue weighted by Gasteiger charge is -2.23. The lowest BCUT2D eigenvalue weighted by Crippen LogP contribution is -2.38. The Morgan fingerprint density at radius 2 is 1.28 bits per heavy atom. The van der Waals surface area contributed by atoms with Gasteiger partial charge >= 0.3 is 0 Å². The first-order valence-electron chi connectivity index (χ1n) is 11.3. The number of carbonyl (C=O) groups is 1. The zero-order chi connectivity index (χ0) is 20.5. The van der Waals surface area contributed by atoms with Crippen LogP contribution in [-0.4, -0.2) is 38.1 Å². The van der Waals surface area contributed by atoms with E-state index in [0.29, 0.717) is 13.2 Å². The molecule has 0 atom stereocenters. The predicted octanol–water partition coefficient (Wildman–Crippen LogP) is 6.64. The van der Waals surface area contributed by atoms with Crippen LogP contribution >= 0.6 is 12.4 Å². The molecule has 0 bridgehead atoms. The fourth-order valence-corrected chi connectivity index (χ4v) is 3.29. The van der Waals surface area contributed by atoms with Crippen molar-refractivity contribution < 1.29 is 9.63 Å². The summed E-state index contributed by atoms with van der Waals surface area (Å²) in [6, 6.07) is 9.63. The normalized spacial score (nSPS) is 10.8. The highest BCUT2D eigenvalue weighted by atomic mass is 35.5. The molecule has 1 rings (SSSR count). The number of hydrogen-bond acceptors (Lipinski definition) is 3. The Kier molecular flexibility index (Phi) is 18.2. The van der Waals surface area contributed by atoms with E-state index in [9.17, 15) is 4.79 Å². The number of carbonyl (C=O) groups excluding carboxylic acids is 1. The van der Waals surface area contributed by atoms with Crippen LogP contribution in [0.25, 0.3) is 0 Å². The highest BCUT2D eigenvalue weighted by Crippen LogP contribution is 2.16. The third-order valence-corrected chi connectivity index (χ3v) is 4.89. The molecule has 1 amide bonds. The first-order valence-corrected chi connectivity index (χ1v) is 11.3. The van der Waals surface area contributed by atoms with Crippen LogP contribution in [0.1, 0.15) is 84.0 Å². The van der Waals surface area contributed by atoms with E-state index in [-0.39, 0.29) is 18.3 Å². The van der Waals surface area contributed by atoms with Gasteiger partial charge in [-0.3, -0.25) is 9.63 Å². The van der Waals surface area contributed by atoms with E-state index in [1.165, 1.54) is 75.7 Å². The minimum Gasteiger partial charge on any atom is -0.301 e. The number of anilines is 1. The maximum absolute atomic E-state index is 12.5. The number of hydroxylamine groups is 1. The van der Waals surface area contributed by atoms with Gasteiger partial charge in [0, 0.05) is 0 Å². The van der Waals surface area contributed by atoms with Gasteiger partial charge in [-0.05, 0) is 32.6 Å². The van der Waals surface area contributed by atoms with Gasteiger partial charge in [0.2, 0.25) is 0 Å². The third-order valence-electron chi connectivity index (χ3n) is 4.89. The van der Waals surface area contributed by atoms with E-state index < -0.39 is 0 Å². The van der Waals surface area contributed by atoms with Crippen LogP contribution in [0.15, 0.2) is 30.3 Å². The van der Waals surface area contributed by atoms with E-state index >= 15 is 0 Å². The summed E-state index contributed by atoms with van der Waals surface area (Å²) in [5.74, 6) is -0.0323. The Morgan fingerprint density at radius 1 is 0.793 bits per heavy atom. The summed E-state index contributed by atoms with van der Waals surface area (Å²) in [4.78, 5) is 20.2. The van der Waals surface area contributed by atoms with Crippen molar-refractivity contribution >= 4 is 24.0 Å². The Morgan fingerprint density at radius 3 is 1.76 bits per heavy atom. The molecule has 0 saturated heterocycles. The standard InChI is InChI=1S/C24H42N2O2.ClH/c1-4-5-6-7-8-9-10-11-12-13-14-18-21-28-26(24(27)22-25(2)3)23-19-16-15-17-20-23;/h15-17,19-20H,4-14,18,21-22H2,1-3H3;1H. The van der Waals surface area contributed by atoms with Gasteiger partial charge in [0.1, 0.15) is 0 Å². The van der Waals surface area contributed by atoms with Crippen LogP contribution in [-0.2, 0) is 9.63 Å². The molecular formula is C24H43ClN2O2. The van der Waals surface area contributed by atoms with E-state index in [1.807, 2.05) is 49.3 Å². The highest BCUT2D eigenvalue weighted by Gasteiger charge is 2.17. The molecule has 0 aromatic heterocycles. The van der Waals surface area contributed by atoms with Gasteiger partial charge in [-0.2, -0.15) is 5.06 Å². The second-order valence-electron chi connectivity index (χ2n) is 7.98. The SMILES string of the molecule is CCCCCCCCCCCCCCON(C(=O)CN(C)C)c1ccccc1.Cl. The minimum absolute atomic E-state index is 0. The van der Waals surface area contributed by atoms with Crippen LogP contribution in [0, 0.1) is 0 Å². The van der Waals surface area contributed by atoms with E-state index in [1.54, 1.807) is 0 Å². The summed E-state index contributed by atoms with van der Waals surface area (Å²) in [6.07, 6.45) is 15.8. The minimum atomic E-state index is -0.0323. The molecule has 0 radical (unpaired) electrons. The van der Waals surface area contributed by atoms with Crippen LogP contribution in [0.5, 0.6) is 0 Å². The van der Waals surface area contributed by atoms with Crippen molar-refractivity contribution in [2.75, 3.05) is 32.3 Å². The quantitative estimate of drug-likeness (QED) is 0.207. The monoisotopic (exact) mass is 426 g/mol. The van der Waals surface area contributed by atoms with Crippen LogP contribution in [0.4, 0.5) is 5.69 Å². The van der Waals surface area contributed by atoms with Crippen LogP contribution in [0.2, 0.25) is 0 Å². The number of hydrogen-bond donors (Lipinski definition) is 0. The summed E-state index contributed by atoms with van der Waals surface area (Å²) in [6.45, 7) is 3.20. The summed E-state index contributed by atoms with van der Waals surface area (Å²) in [5.41, 5.74) is 0.799. The number of rotatable bonds is 17. The maximum Gasteiger partial charge on any atom is 0.265 e. The summed E-state index contributed by atoms with van der Waals surface area (Å²) in [5, 5.41) is 1.46. The molecule has 4 nitrogen and oxygen atoms in total. The fraction of sp³-hybridized carbons (Fsp3) is 0.708. The second-order valence-corrected chi connectivity index (χ2v) is 7.98. The molecule has 0 N–H and O–H groups in total. The van der Waals surface area contributed by atoms with Gasteiger partial charge in [0.25, 0.3) is 5.91 Å². The molecule has 0 aliphatic carbocycles. The largest absolute Gasteiger partial charge is 0.301 e. The average molecular weight is 427 g/mol. The van der Waals surface area contributed by atoms with Gasteiger partial charge in [0.05, 0.1) is 18.8 Å². The van der Waals surface area contributed by atoms with E-state index in [4.69, 9.17) is 4.84 Å². The van der Waals surface area contributed by atoms with Crippen molar-refractivity contribution in [3.05, 3.63) is 30.3 Å². The molecule has 0 saturated carbocycles. The average Bonchev–Trinajstić information content (AvgIpc) is 2.68. The number of halogens is 1. The molecule has 0 spiro atoms.